The Morgan fingerprint density at radius 3 is 1.88 bits per heavy atom. The monoisotopic (exact) mass is 674 g/mol. The van der Waals surface area contributed by atoms with Gasteiger partial charge in [0.25, 0.3) is 0 Å². The van der Waals surface area contributed by atoms with E-state index in [1.807, 2.05) is 39.6 Å². The third kappa shape index (κ3) is 8.83. The van der Waals surface area contributed by atoms with Gasteiger partial charge < -0.3 is 24.8 Å². The number of hydrogen-bond acceptors (Lipinski definition) is 0. The molecule has 0 nitrogen and oxygen atoms in total. The SMILES string of the molecule is CC([C](=[Zr+2])C(C)C1CCCCC1)C1CCCCC1.[Cl-].[Cl-].[c-]1cccc2ccc3c(c12)Cc1ccccc1-3.c1cc[cH-]c1. The second-order valence-corrected chi connectivity index (χ2v) is 13.8. The van der Waals surface area contributed by atoms with Crippen LogP contribution in [0.3, 0.4) is 0 Å². The van der Waals surface area contributed by atoms with Crippen molar-refractivity contribution in [2.24, 2.45) is 23.7 Å². The zero-order valence-corrected chi connectivity index (χ0v) is 29.4. The van der Waals surface area contributed by atoms with Gasteiger partial charge in [-0.3, -0.25) is 0 Å². The molecule has 3 aliphatic rings. The largest absolute Gasteiger partial charge is 1.00 e. The number of hydrogen-bond donors (Lipinski definition) is 0. The molecule has 0 amide bonds. The van der Waals surface area contributed by atoms with Crippen molar-refractivity contribution in [2.75, 3.05) is 0 Å². The zero-order chi connectivity index (χ0) is 27.7. The van der Waals surface area contributed by atoms with E-state index < -0.39 is 0 Å². The van der Waals surface area contributed by atoms with Gasteiger partial charge in [-0.1, -0.05) is 42.0 Å². The smallest absolute Gasteiger partial charge is 0.0246 e. The van der Waals surface area contributed by atoms with Crippen molar-refractivity contribution in [2.45, 2.75) is 84.5 Å². The van der Waals surface area contributed by atoms with Crippen LogP contribution < -0.4 is 24.8 Å². The average Bonchev–Trinajstić information content (AvgIpc) is 3.74. The van der Waals surface area contributed by atoms with Crippen LogP contribution in [0.1, 0.15) is 89.2 Å². The van der Waals surface area contributed by atoms with Crippen LogP contribution in [-0.2, 0) is 30.7 Å². The summed E-state index contributed by atoms with van der Waals surface area (Å²) in [5, 5.41) is 2.57. The molecule has 7 rings (SSSR count). The average molecular weight is 677 g/mol. The van der Waals surface area contributed by atoms with Crippen LogP contribution in [0.25, 0.3) is 21.9 Å². The maximum absolute atomic E-state index is 3.39. The van der Waals surface area contributed by atoms with E-state index in [1.165, 1.54) is 97.2 Å². The second kappa shape index (κ2) is 17.8. The fraction of sp³-hybridized carbons (Fsp3) is 0.436. The molecular weight excluding hydrogens is 631 g/mol. The van der Waals surface area contributed by atoms with Crippen LogP contribution in [0, 0.1) is 29.7 Å². The Hall–Kier alpha value is -1.40. The van der Waals surface area contributed by atoms with E-state index in [4.69, 9.17) is 0 Å². The van der Waals surface area contributed by atoms with E-state index in [1.54, 1.807) is 24.2 Å². The van der Waals surface area contributed by atoms with Crippen molar-refractivity contribution in [1.82, 2.24) is 0 Å². The van der Waals surface area contributed by atoms with Crippen LogP contribution in [0.15, 0.2) is 84.9 Å². The molecule has 0 spiro atoms. The van der Waals surface area contributed by atoms with Crippen molar-refractivity contribution < 1.29 is 49.0 Å². The summed E-state index contributed by atoms with van der Waals surface area (Å²) >= 11 is 1.74. The van der Waals surface area contributed by atoms with E-state index in [-0.39, 0.29) is 24.8 Å². The maximum atomic E-state index is 3.39. The molecule has 2 saturated carbocycles. The summed E-state index contributed by atoms with van der Waals surface area (Å²) in [7, 11) is 0. The van der Waals surface area contributed by atoms with Gasteiger partial charge in [-0.2, -0.15) is 18.2 Å². The van der Waals surface area contributed by atoms with E-state index in [0.717, 1.165) is 30.1 Å². The first-order valence-electron chi connectivity index (χ1n) is 15.9. The maximum Gasteiger partial charge on any atom is -0.0246 e. The molecule has 4 aromatic rings. The van der Waals surface area contributed by atoms with Gasteiger partial charge in [-0.15, -0.1) is 40.6 Å². The Morgan fingerprint density at radius 1 is 0.714 bits per heavy atom. The molecule has 2 fully saturated rings. The number of benzene rings is 3. The summed E-state index contributed by atoms with van der Waals surface area (Å²) in [4.78, 5) is 0. The molecule has 0 radical (unpaired) electrons. The van der Waals surface area contributed by atoms with Gasteiger partial charge in [0.15, 0.2) is 0 Å². The minimum atomic E-state index is 0. The number of fused-ring (bicyclic) bond motifs is 5. The van der Waals surface area contributed by atoms with Crippen LogP contribution in [0.5, 0.6) is 0 Å². The topological polar surface area (TPSA) is 0 Å². The van der Waals surface area contributed by atoms with Crippen LogP contribution in [0.2, 0.25) is 0 Å². The van der Waals surface area contributed by atoms with Gasteiger partial charge in [0.1, 0.15) is 0 Å². The molecule has 2 unspecified atom stereocenters. The normalized spacial score (nSPS) is 17.5. The second-order valence-electron chi connectivity index (χ2n) is 12.4. The van der Waals surface area contributed by atoms with Crippen molar-refractivity contribution in [1.29, 1.82) is 0 Å². The first kappa shape index (κ1) is 35.1. The summed E-state index contributed by atoms with van der Waals surface area (Å²) in [6, 6.07) is 32.7. The van der Waals surface area contributed by atoms with Crippen molar-refractivity contribution in [3.63, 3.8) is 0 Å². The Morgan fingerprint density at radius 2 is 1.31 bits per heavy atom. The third-order valence-electron chi connectivity index (χ3n) is 9.87. The number of halogens is 2. The summed E-state index contributed by atoms with van der Waals surface area (Å²) in [6.45, 7) is 5.08. The van der Waals surface area contributed by atoms with Gasteiger partial charge in [-0.05, 0) is 17.5 Å². The van der Waals surface area contributed by atoms with Crippen molar-refractivity contribution in [3.05, 3.63) is 102 Å². The standard InChI is InChI=1S/C17H11.C17H30.C5H5.2ClH.Zr/c1-3-7-14-12(5-1)9-10-16-15-8-4-2-6-13(15)11-17(14)16;1-14(16-9-5-3-6-10-16)13-15(2)17-11-7-4-8-12-17;1-2-4-5-3-1;;;/h1-6,8-10H,11H2;14-17H,3-12H2,1-2H3;1-5H;2*1H;/q-1;;-1;;;+2/p-2. The Bertz CT molecular complexity index is 1300. The molecule has 0 aliphatic heterocycles. The first-order valence-corrected chi connectivity index (χ1v) is 17.1. The van der Waals surface area contributed by atoms with Gasteiger partial charge in [0.05, 0.1) is 0 Å². The van der Waals surface area contributed by atoms with Crippen molar-refractivity contribution in [3.8, 4) is 11.1 Å². The summed E-state index contributed by atoms with van der Waals surface area (Å²) in [6.07, 6.45) is 16.1. The van der Waals surface area contributed by atoms with Crippen LogP contribution in [-0.4, -0.2) is 3.21 Å². The van der Waals surface area contributed by atoms with Gasteiger partial charge in [-0.25, -0.2) is 12.1 Å². The zero-order valence-electron chi connectivity index (χ0n) is 25.4. The Labute approximate surface area is 282 Å². The predicted octanol–water partition coefficient (Wildman–Crippen LogP) is 4.76. The Balaban J connectivity index is 0.000000190. The fourth-order valence-corrected chi connectivity index (χ4v) is 8.49. The molecule has 0 heterocycles. The molecule has 222 valence electrons. The summed E-state index contributed by atoms with van der Waals surface area (Å²) < 4.78 is 1.92. The molecular formula is C39H46Cl2Zr-2. The summed E-state index contributed by atoms with van der Waals surface area (Å²) in [5.41, 5.74) is 5.65. The van der Waals surface area contributed by atoms with Gasteiger partial charge in [0, 0.05) is 0 Å². The molecule has 0 N–H and O–H groups in total. The van der Waals surface area contributed by atoms with E-state index in [2.05, 4.69) is 68.4 Å². The quantitative estimate of drug-likeness (QED) is 0.241. The van der Waals surface area contributed by atoms with Gasteiger partial charge in [0.2, 0.25) is 0 Å². The van der Waals surface area contributed by atoms with E-state index in [9.17, 15) is 0 Å². The minimum Gasteiger partial charge on any atom is -1.00 e. The van der Waals surface area contributed by atoms with Crippen LogP contribution >= 0.6 is 0 Å². The molecule has 3 heteroatoms. The molecule has 3 aliphatic carbocycles. The van der Waals surface area contributed by atoms with Crippen LogP contribution in [0.4, 0.5) is 0 Å². The molecule has 0 bridgehead atoms. The minimum absolute atomic E-state index is 0. The molecule has 42 heavy (non-hydrogen) atoms. The molecule has 0 saturated heterocycles. The first-order chi connectivity index (χ1) is 19.6. The van der Waals surface area contributed by atoms with Gasteiger partial charge >= 0.3 is 129 Å². The predicted molar refractivity (Wildman–Crippen MR) is 170 cm³/mol. The van der Waals surface area contributed by atoms with E-state index in [0.29, 0.717) is 0 Å². The summed E-state index contributed by atoms with van der Waals surface area (Å²) in [5.74, 6) is 3.89. The van der Waals surface area contributed by atoms with Crippen molar-refractivity contribution >= 4 is 14.0 Å². The Kier molecular flexibility index (Phi) is 14.9. The fourth-order valence-electron chi connectivity index (χ4n) is 7.33. The number of rotatable bonds is 4. The van der Waals surface area contributed by atoms with E-state index >= 15 is 0 Å². The molecule has 4 aromatic carbocycles. The molecule has 0 aromatic heterocycles. The third-order valence-corrected chi connectivity index (χ3v) is 12.1. The molecule has 2 atom stereocenters.